The first-order valence-corrected chi connectivity index (χ1v) is 8.76. The van der Waals surface area contributed by atoms with Crippen LogP contribution >= 0.6 is 0 Å². The van der Waals surface area contributed by atoms with Crippen LogP contribution in [0, 0.1) is 13.8 Å². The number of anilines is 1. The Balaban J connectivity index is 1.79. The van der Waals surface area contributed by atoms with E-state index in [1.54, 1.807) is 6.07 Å². The van der Waals surface area contributed by atoms with E-state index in [-0.39, 0.29) is 23.9 Å². The molecule has 0 spiro atoms. The zero-order valence-electron chi connectivity index (χ0n) is 15.9. The van der Waals surface area contributed by atoms with Gasteiger partial charge >= 0.3 is 6.36 Å². The fourth-order valence-electron chi connectivity index (χ4n) is 2.86. The molecule has 0 unspecified atom stereocenters. The molecule has 3 rings (SSSR count). The smallest absolute Gasteiger partial charge is 0.404 e. The van der Waals surface area contributed by atoms with Crippen LogP contribution in [0.5, 0.6) is 5.75 Å². The Morgan fingerprint density at radius 3 is 2.52 bits per heavy atom. The molecule has 2 aromatic carbocycles. The first-order valence-electron chi connectivity index (χ1n) is 8.76. The molecule has 0 fully saturated rings. The average Bonchev–Trinajstić information content (AvgIpc) is 2.99. The van der Waals surface area contributed by atoms with Crippen molar-refractivity contribution in [2.45, 2.75) is 26.8 Å². The topological polar surface area (TPSA) is 77.5 Å². The van der Waals surface area contributed by atoms with Crippen molar-refractivity contribution in [1.82, 2.24) is 9.78 Å². The van der Waals surface area contributed by atoms with Crippen molar-refractivity contribution in [3.63, 3.8) is 0 Å². The second kappa shape index (κ2) is 8.26. The van der Waals surface area contributed by atoms with E-state index in [0.717, 1.165) is 22.6 Å². The molecule has 29 heavy (non-hydrogen) atoms. The number of para-hydroxylation sites is 3. The number of nitrogens with two attached hydrogens (primary N) is 1. The van der Waals surface area contributed by atoms with Gasteiger partial charge in [-0.3, -0.25) is 0 Å². The van der Waals surface area contributed by atoms with Gasteiger partial charge in [-0.2, -0.15) is 5.10 Å². The third-order valence-corrected chi connectivity index (χ3v) is 4.02. The molecule has 0 bridgehead atoms. The van der Waals surface area contributed by atoms with Crippen LogP contribution in [-0.4, -0.2) is 22.1 Å². The highest BCUT2D eigenvalue weighted by Gasteiger charge is 2.32. The summed E-state index contributed by atoms with van der Waals surface area (Å²) in [6, 6.07) is 15.2. The molecule has 1 aromatic heterocycles. The minimum absolute atomic E-state index is 0.0357. The van der Waals surface area contributed by atoms with E-state index >= 15 is 0 Å². The normalized spacial score (nSPS) is 12.1. The van der Waals surface area contributed by atoms with Gasteiger partial charge in [0.15, 0.2) is 11.7 Å². The van der Waals surface area contributed by atoms with E-state index in [0.29, 0.717) is 0 Å². The van der Waals surface area contributed by atoms with Gasteiger partial charge in [0.1, 0.15) is 0 Å². The molecular weight excluding hydrogens is 383 g/mol. The van der Waals surface area contributed by atoms with Crippen LogP contribution in [0.25, 0.3) is 5.69 Å². The van der Waals surface area contributed by atoms with Crippen molar-refractivity contribution in [2.75, 3.05) is 5.32 Å². The van der Waals surface area contributed by atoms with Crippen LogP contribution in [0.1, 0.15) is 17.0 Å². The van der Waals surface area contributed by atoms with Gasteiger partial charge in [-0.15, -0.1) is 13.2 Å². The van der Waals surface area contributed by atoms with E-state index in [2.05, 4.69) is 20.1 Å². The van der Waals surface area contributed by atoms with Crippen molar-refractivity contribution >= 4 is 11.6 Å². The Kier molecular flexibility index (Phi) is 5.76. The first kappa shape index (κ1) is 20.2. The molecule has 0 radical (unpaired) electrons. The second-order valence-corrected chi connectivity index (χ2v) is 6.34. The minimum Gasteiger partial charge on any atom is -0.404 e. The maximum absolute atomic E-state index is 12.5. The zero-order chi connectivity index (χ0) is 21.0. The Morgan fingerprint density at radius 1 is 1.14 bits per heavy atom. The standard InChI is InChI=1S/C20H20F3N5O/c1-13-11-14(2)28(27-13)17-9-5-3-7-15(17)12-25-19(24)26-16-8-4-6-10-18(16)29-20(21,22)23/h3-11H,12H2,1-2H3,(H3,24,25,26). The van der Waals surface area contributed by atoms with E-state index < -0.39 is 6.36 Å². The van der Waals surface area contributed by atoms with Gasteiger partial charge in [-0.1, -0.05) is 30.3 Å². The number of alkyl halides is 3. The second-order valence-electron chi connectivity index (χ2n) is 6.34. The van der Waals surface area contributed by atoms with E-state index in [1.165, 1.54) is 18.2 Å². The summed E-state index contributed by atoms with van der Waals surface area (Å²) in [5, 5.41) is 7.14. The van der Waals surface area contributed by atoms with Crippen molar-refractivity contribution in [2.24, 2.45) is 10.7 Å². The molecule has 0 amide bonds. The molecule has 152 valence electrons. The summed E-state index contributed by atoms with van der Waals surface area (Å²) in [6.45, 7) is 4.08. The predicted molar refractivity (Wildman–Crippen MR) is 105 cm³/mol. The number of aliphatic imine (C=N–C) groups is 1. The number of halogens is 3. The Labute approximate surface area is 165 Å². The lowest BCUT2D eigenvalue weighted by Gasteiger charge is -2.14. The summed E-state index contributed by atoms with van der Waals surface area (Å²) in [4.78, 5) is 4.26. The Morgan fingerprint density at radius 2 is 1.83 bits per heavy atom. The molecule has 3 aromatic rings. The monoisotopic (exact) mass is 403 g/mol. The number of benzene rings is 2. The number of ether oxygens (including phenoxy) is 1. The van der Waals surface area contributed by atoms with Gasteiger partial charge in [-0.05, 0) is 43.7 Å². The summed E-state index contributed by atoms with van der Waals surface area (Å²) < 4.78 is 43.5. The van der Waals surface area contributed by atoms with E-state index in [1.807, 2.05) is 48.9 Å². The quantitative estimate of drug-likeness (QED) is 0.492. The molecular formula is C20H20F3N5O. The van der Waals surface area contributed by atoms with Crippen molar-refractivity contribution < 1.29 is 17.9 Å². The zero-order valence-corrected chi connectivity index (χ0v) is 15.9. The number of nitrogens with zero attached hydrogens (tertiary/aromatic N) is 3. The van der Waals surface area contributed by atoms with E-state index in [9.17, 15) is 13.2 Å². The average molecular weight is 403 g/mol. The van der Waals surface area contributed by atoms with Gasteiger partial charge in [0.25, 0.3) is 0 Å². The van der Waals surface area contributed by atoms with Crippen LogP contribution in [0.4, 0.5) is 18.9 Å². The lowest BCUT2D eigenvalue weighted by Crippen LogP contribution is -2.24. The minimum atomic E-state index is -4.80. The fraction of sp³-hybridized carbons (Fsp3) is 0.200. The summed E-state index contributed by atoms with van der Waals surface area (Å²) in [7, 11) is 0. The first-order chi connectivity index (χ1) is 13.7. The largest absolute Gasteiger partial charge is 0.573 e. The summed E-state index contributed by atoms with van der Waals surface area (Å²) in [6.07, 6.45) is -4.80. The number of aryl methyl sites for hydroxylation is 2. The number of hydrogen-bond donors (Lipinski definition) is 2. The number of nitrogens with one attached hydrogen (secondary N) is 1. The van der Waals surface area contributed by atoms with Crippen LogP contribution in [0.15, 0.2) is 59.6 Å². The molecule has 0 saturated carbocycles. The van der Waals surface area contributed by atoms with Crippen molar-refractivity contribution in [3.8, 4) is 11.4 Å². The molecule has 1 heterocycles. The van der Waals surface area contributed by atoms with Crippen LogP contribution < -0.4 is 15.8 Å². The summed E-state index contributed by atoms with van der Waals surface area (Å²) >= 11 is 0. The Bertz CT molecular complexity index is 1030. The maximum Gasteiger partial charge on any atom is 0.573 e. The van der Waals surface area contributed by atoms with E-state index in [4.69, 9.17) is 5.73 Å². The third-order valence-electron chi connectivity index (χ3n) is 4.02. The van der Waals surface area contributed by atoms with Gasteiger partial charge < -0.3 is 15.8 Å². The fourth-order valence-corrected chi connectivity index (χ4v) is 2.86. The molecule has 9 heteroatoms. The van der Waals surface area contributed by atoms with Gasteiger partial charge in [-0.25, -0.2) is 9.67 Å². The van der Waals surface area contributed by atoms with Crippen molar-refractivity contribution in [3.05, 3.63) is 71.5 Å². The highest BCUT2D eigenvalue weighted by Crippen LogP contribution is 2.29. The lowest BCUT2D eigenvalue weighted by atomic mass is 10.2. The molecule has 3 N–H and O–H groups in total. The Hall–Kier alpha value is -3.49. The SMILES string of the molecule is Cc1cc(C)n(-c2ccccc2CN=C(N)Nc2ccccc2OC(F)(F)F)n1. The third kappa shape index (κ3) is 5.28. The summed E-state index contributed by atoms with van der Waals surface area (Å²) in [5.41, 5.74) is 9.54. The maximum atomic E-state index is 12.5. The number of aromatic nitrogens is 2. The molecule has 0 aliphatic carbocycles. The van der Waals surface area contributed by atoms with Gasteiger partial charge in [0.05, 0.1) is 23.6 Å². The van der Waals surface area contributed by atoms with Gasteiger partial charge in [0, 0.05) is 5.69 Å². The van der Waals surface area contributed by atoms with Gasteiger partial charge in [0.2, 0.25) is 0 Å². The summed E-state index contributed by atoms with van der Waals surface area (Å²) in [5.74, 6) is -0.424. The molecule has 0 aliphatic rings. The predicted octanol–water partition coefficient (Wildman–Crippen LogP) is 4.31. The molecule has 0 saturated heterocycles. The highest BCUT2D eigenvalue weighted by atomic mass is 19.4. The number of hydrogen-bond acceptors (Lipinski definition) is 3. The molecule has 0 aliphatic heterocycles. The highest BCUT2D eigenvalue weighted by molar-refractivity contribution is 5.93. The van der Waals surface area contributed by atoms with Crippen LogP contribution in [0.3, 0.4) is 0 Å². The number of rotatable bonds is 5. The van der Waals surface area contributed by atoms with Crippen molar-refractivity contribution in [1.29, 1.82) is 0 Å². The van der Waals surface area contributed by atoms with Crippen LogP contribution in [-0.2, 0) is 6.54 Å². The number of guanidine groups is 1. The van der Waals surface area contributed by atoms with Crippen LogP contribution in [0.2, 0.25) is 0 Å². The lowest BCUT2D eigenvalue weighted by molar-refractivity contribution is -0.274. The molecule has 0 atom stereocenters. The molecule has 6 nitrogen and oxygen atoms in total.